The smallest absolute Gasteiger partial charge is 0.162 e. The number of aliphatic hydroxyl groups excluding tert-OH is 1. The molecule has 1 aromatic rings. The predicted octanol–water partition coefficient (Wildman–Crippen LogP) is 2.58. The summed E-state index contributed by atoms with van der Waals surface area (Å²) in [5.41, 5.74) is 0.343. The zero-order valence-electron chi connectivity index (χ0n) is 7.84. The SMILES string of the molecule is CC(CO)SCc1cccc(F)c1F. The Bertz CT molecular complexity index is 304. The fourth-order valence-corrected chi connectivity index (χ4v) is 1.74. The fraction of sp³-hybridized carbons (Fsp3) is 0.400. The fourth-order valence-electron chi connectivity index (χ4n) is 0.945. The Labute approximate surface area is 86.1 Å². The summed E-state index contributed by atoms with van der Waals surface area (Å²) in [5, 5.41) is 8.79. The van der Waals surface area contributed by atoms with Crippen molar-refractivity contribution in [3.63, 3.8) is 0 Å². The quantitative estimate of drug-likeness (QED) is 0.838. The normalized spacial score (nSPS) is 12.9. The molecule has 14 heavy (non-hydrogen) atoms. The van der Waals surface area contributed by atoms with Gasteiger partial charge in [-0.3, -0.25) is 0 Å². The van der Waals surface area contributed by atoms with E-state index in [1.807, 2.05) is 6.92 Å². The summed E-state index contributed by atoms with van der Waals surface area (Å²) in [6, 6.07) is 4.13. The van der Waals surface area contributed by atoms with Crippen LogP contribution in [0.5, 0.6) is 0 Å². The van der Waals surface area contributed by atoms with Gasteiger partial charge in [0, 0.05) is 16.6 Å². The van der Waals surface area contributed by atoms with Gasteiger partial charge in [-0.05, 0) is 6.07 Å². The van der Waals surface area contributed by atoms with E-state index in [9.17, 15) is 8.78 Å². The van der Waals surface area contributed by atoms with E-state index in [2.05, 4.69) is 0 Å². The van der Waals surface area contributed by atoms with E-state index in [1.54, 1.807) is 6.07 Å². The molecule has 0 aliphatic heterocycles. The minimum Gasteiger partial charge on any atom is -0.395 e. The molecule has 78 valence electrons. The van der Waals surface area contributed by atoms with Crippen LogP contribution < -0.4 is 0 Å². The minimum absolute atomic E-state index is 0.0395. The molecule has 0 radical (unpaired) electrons. The molecular formula is C10H12F2OS. The number of thioether (sulfide) groups is 1. The van der Waals surface area contributed by atoms with Crippen LogP contribution in [-0.2, 0) is 5.75 Å². The van der Waals surface area contributed by atoms with E-state index in [0.717, 1.165) is 6.07 Å². The molecule has 0 heterocycles. The van der Waals surface area contributed by atoms with Crippen molar-refractivity contribution < 1.29 is 13.9 Å². The van der Waals surface area contributed by atoms with Gasteiger partial charge in [-0.1, -0.05) is 19.1 Å². The molecule has 0 saturated heterocycles. The van der Waals surface area contributed by atoms with E-state index >= 15 is 0 Å². The van der Waals surface area contributed by atoms with E-state index in [0.29, 0.717) is 11.3 Å². The second-order valence-electron chi connectivity index (χ2n) is 3.02. The maximum Gasteiger partial charge on any atom is 0.162 e. The highest BCUT2D eigenvalue weighted by Crippen LogP contribution is 2.20. The van der Waals surface area contributed by atoms with Gasteiger partial charge >= 0.3 is 0 Å². The molecule has 0 fully saturated rings. The first-order chi connectivity index (χ1) is 6.65. The summed E-state index contributed by atoms with van der Waals surface area (Å²) in [5.74, 6) is -1.23. The third kappa shape index (κ3) is 2.96. The first kappa shape index (κ1) is 11.5. The third-order valence-electron chi connectivity index (χ3n) is 1.81. The minimum atomic E-state index is -0.820. The molecule has 1 rings (SSSR count). The van der Waals surface area contributed by atoms with E-state index in [1.165, 1.54) is 17.8 Å². The number of aliphatic hydroxyl groups is 1. The Morgan fingerprint density at radius 3 is 2.79 bits per heavy atom. The van der Waals surface area contributed by atoms with Crippen molar-refractivity contribution in [1.29, 1.82) is 0 Å². The lowest BCUT2D eigenvalue weighted by Gasteiger charge is -2.08. The third-order valence-corrected chi connectivity index (χ3v) is 3.01. The number of rotatable bonds is 4. The second kappa shape index (κ2) is 5.32. The largest absolute Gasteiger partial charge is 0.395 e. The molecule has 1 N–H and O–H groups in total. The zero-order chi connectivity index (χ0) is 10.6. The van der Waals surface area contributed by atoms with Gasteiger partial charge in [0.25, 0.3) is 0 Å². The summed E-state index contributed by atoms with van der Waals surface area (Å²) in [7, 11) is 0. The van der Waals surface area contributed by atoms with Gasteiger partial charge in [-0.2, -0.15) is 11.8 Å². The number of benzene rings is 1. The van der Waals surface area contributed by atoms with Crippen molar-refractivity contribution in [2.24, 2.45) is 0 Å². The number of halogens is 2. The Morgan fingerprint density at radius 1 is 1.43 bits per heavy atom. The van der Waals surface area contributed by atoms with E-state index in [-0.39, 0.29) is 11.9 Å². The summed E-state index contributed by atoms with van der Waals surface area (Å²) < 4.78 is 25.9. The molecule has 0 bridgehead atoms. The molecule has 1 nitrogen and oxygen atoms in total. The molecule has 0 aliphatic rings. The predicted molar refractivity (Wildman–Crippen MR) is 54.2 cm³/mol. The van der Waals surface area contributed by atoms with Crippen LogP contribution in [-0.4, -0.2) is 17.0 Å². The average molecular weight is 218 g/mol. The van der Waals surface area contributed by atoms with Gasteiger partial charge in [0.05, 0.1) is 6.61 Å². The highest BCUT2D eigenvalue weighted by molar-refractivity contribution is 7.99. The topological polar surface area (TPSA) is 20.2 Å². The summed E-state index contributed by atoms with van der Waals surface area (Å²) >= 11 is 1.40. The van der Waals surface area contributed by atoms with Crippen LogP contribution >= 0.6 is 11.8 Å². The zero-order valence-corrected chi connectivity index (χ0v) is 8.65. The van der Waals surface area contributed by atoms with Crippen molar-refractivity contribution in [2.75, 3.05) is 6.61 Å². The van der Waals surface area contributed by atoms with Crippen LogP contribution in [0.2, 0.25) is 0 Å². The first-order valence-electron chi connectivity index (χ1n) is 4.30. The van der Waals surface area contributed by atoms with Crippen molar-refractivity contribution in [3.05, 3.63) is 35.4 Å². The lowest BCUT2D eigenvalue weighted by atomic mass is 10.2. The highest BCUT2D eigenvalue weighted by atomic mass is 32.2. The van der Waals surface area contributed by atoms with E-state index < -0.39 is 11.6 Å². The van der Waals surface area contributed by atoms with Crippen LogP contribution in [0, 0.1) is 11.6 Å². The lowest BCUT2D eigenvalue weighted by Crippen LogP contribution is -2.03. The molecule has 0 saturated carbocycles. The Balaban J connectivity index is 2.63. The Kier molecular flexibility index (Phi) is 4.35. The van der Waals surface area contributed by atoms with Gasteiger partial charge in [-0.25, -0.2) is 8.78 Å². The van der Waals surface area contributed by atoms with Gasteiger partial charge < -0.3 is 5.11 Å². The Morgan fingerprint density at radius 2 is 2.14 bits per heavy atom. The van der Waals surface area contributed by atoms with Crippen molar-refractivity contribution in [1.82, 2.24) is 0 Å². The number of hydrogen-bond acceptors (Lipinski definition) is 2. The molecule has 1 aromatic carbocycles. The first-order valence-corrected chi connectivity index (χ1v) is 5.35. The molecule has 1 atom stereocenters. The van der Waals surface area contributed by atoms with Crippen LogP contribution in [0.15, 0.2) is 18.2 Å². The molecule has 4 heteroatoms. The molecule has 0 aliphatic carbocycles. The Hall–Kier alpha value is -0.610. The monoisotopic (exact) mass is 218 g/mol. The maximum absolute atomic E-state index is 13.1. The average Bonchev–Trinajstić information content (AvgIpc) is 2.20. The van der Waals surface area contributed by atoms with Crippen molar-refractivity contribution >= 4 is 11.8 Å². The van der Waals surface area contributed by atoms with Crippen LogP contribution in [0.25, 0.3) is 0 Å². The summed E-state index contributed by atoms with van der Waals surface area (Å²) in [4.78, 5) is 0. The van der Waals surface area contributed by atoms with Gasteiger partial charge in [0.1, 0.15) is 0 Å². The molecule has 0 aromatic heterocycles. The van der Waals surface area contributed by atoms with Crippen molar-refractivity contribution in [3.8, 4) is 0 Å². The molecule has 0 spiro atoms. The maximum atomic E-state index is 13.1. The molecule has 0 amide bonds. The number of hydrogen-bond donors (Lipinski definition) is 1. The van der Waals surface area contributed by atoms with Crippen molar-refractivity contribution in [2.45, 2.75) is 17.9 Å². The van der Waals surface area contributed by atoms with Crippen LogP contribution in [0.3, 0.4) is 0 Å². The van der Waals surface area contributed by atoms with Crippen LogP contribution in [0.4, 0.5) is 8.78 Å². The molecular weight excluding hydrogens is 206 g/mol. The highest BCUT2D eigenvalue weighted by Gasteiger charge is 2.08. The lowest BCUT2D eigenvalue weighted by molar-refractivity contribution is 0.300. The van der Waals surface area contributed by atoms with Gasteiger partial charge in [0.15, 0.2) is 11.6 Å². The second-order valence-corrected chi connectivity index (χ2v) is 4.44. The van der Waals surface area contributed by atoms with Gasteiger partial charge in [-0.15, -0.1) is 0 Å². The summed E-state index contributed by atoms with van der Waals surface area (Å²) in [6.45, 7) is 1.88. The van der Waals surface area contributed by atoms with Gasteiger partial charge in [0.2, 0.25) is 0 Å². The standard InChI is InChI=1S/C10H12F2OS/c1-7(5-13)14-6-8-3-2-4-9(11)10(8)12/h2-4,7,13H,5-6H2,1H3. The molecule has 1 unspecified atom stereocenters. The van der Waals surface area contributed by atoms with E-state index in [4.69, 9.17) is 5.11 Å². The van der Waals surface area contributed by atoms with Crippen LogP contribution in [0.1, 0.15) is 12.5 Å². The summed E-state index contributed by atoms with van der Waals surface area (Å²) in [6.07, 6.45) is 0.